The molecule has 0 radical (unpaired) electrons. The molecule has 3 aliphatic heterocycles. The highest BCUT2D eigenvalue weighted by Crippen LogP contribution is 2.42. The fourth-order valence-electron chi connectivity index (χ4n) is 10.8. The van der Waals surface area contributed by atoms with E-state index in [4.69, 9.17) is 40.3 Å². The van der Waals surface area contributed by atoms with Crippen molar-refractivity contribution in [3.63, 3.8) is 0 Å². The summed E-state index contributed by atoms with van der Waals surface area (Å²) in [5, 5.41) is 39.0. The number of aromatic hydroxyl groups is 1. The van der Waals surface area contributed by atoms with Crippen LogP contribution in [0.5, 0.6) is 23.0 Å². The second-order valence-electron chi connectivity index (χ2n) is 22.1. The number of ether oxygens (including phenoxy) is 5. The normalized spacial score (nSPS) is 15.7. The van der Waals surface area contributed by atoms with Crippen LogP contribution in [-0.4, -0.2) is 156 Å². The summed E-state index contributed by atoms with van der Waals surface area (Å²) in [4.78, 5) is 30.8. The highest BCUT2D eigenvalue weighted by Gasteiger charge is 2.23. The van der Waals surface area contributed by atoms with Gasteiger partial charge in [-0.25, -0.2) is 4.79 Å². The number of carboxylic acids is 1. The smallest absolute Gasteiger partial charge is 0.336 e. The van der Waals surface area contributed by atoms with Crippen molar-refractivity contribution < 1.29 is 43.1 Å². The van der Waals surface area contributed by atoms with E-state index in [1.165, 1.54) is 54.7 Å². The van der Waals surface area contributed by atoms with Gasteiger partial charge in [-0.2, -0.15) is 0 Å². The Morgan fingerprint density at radius 1 is 0.523 bits per heavy atom. The van der Waals surface area contributed by atoms with Gasteiger partial charge in [0, 0.05) is 133 Å². The molecule has 18 heteroatoms. The number of rotatable bonds is 25. The quantitative estimate of drug-likeness (QED) is 0.0163. The third kappa shape index (κ3) is 20.7. The number of carboxylic acid groups (broad SMARTS) is 1. The molecule has 86 heavy (non-hydrogen) atoms. The number of carbonyl (C=O) groups is 1. The summed E-state index contributed by atoms with van der Waals surface area (Å²) in [5.41, 5.74) is 7.04. The van der Waals surface area contributed by atoms with Crippen molar-refractivity contribution in [3.05, 3.63) is 165 Å². The van der Waals surface area contributed by atoms with Crippen molar-refractivity contribution in [1.82, 2.24) is 36.4 Å². The molecule has 2 fully saturated rings. The molecule has 4 aliphatic rings. The molecule has 5 aromatic carbocycles. The van der Waals surface area contributed by atoms with Gasteiger partial charge in [0.1, 0.15) is 54.2 Å². The van der Waals surface area contributed by atoms with Gasteiger partial charge < -0.3 is 64.9 Å². The Morgan fingerprint density at radius 3 is 1.67 bits per heavy atom. The van der Waals surface area contributed by atoms with E-state index < -0.39 is 5.97 Å². The van der Waals surface area contributed by atoms with E-state index in [1.54, 1.807) is 24.3 Å². The maximum atomic E-state index is 12.7. The monoisotopic (exact) mass is 1190 g/mol. The minimum Gasteiger partial charge on any atom is -0.508 e. The fourth-order valence-corrected chi connectivity index (χ4v) is 11.1. The molecule has 2 saturated heterocycles. The summed E-state index contributed by atoms with van der Waals surface area (Å²) in [7, 11) is 0. The van der Waals surface area contributed by atoms with Crippen molar-refractivity contribution in [2.24, 2.45) is 0 Å². The number of aromatic carboxylic acids is 1. The SMILES string of the molecule is O=C(O)c1cc(CC(=S)CCCOCCOCCOc2cc(COc3ccc(CN4CCNCCCCCNCC4)cc3)cc(COc3ccc(CN4CCNCCNCCNCC4)cc3)c2)ccc1-c1c2ccc(=O)cc-2oc2cc(O)ccc12. The van der Waals surface area contributed by atoms with Crippen LogP contribution in [-0.2, 0) is 42.2 Å². The number of phenolic OH excluding ortho intramolecular Hbond substituents is 1. The van der Waals surface area contributed by atoms with E-state index in [0.29, 0.717) is 105 Å². The number of phenols is 1. The lowest BCUT2D eigenvalue weighted by Gasteiger charge is -2.24. The van der Waals surface area contributed by atoms with Crippen molar-refractivity contribution >= 4 is 34.0 Å². The van der Waals surface area contributed by atoms with Crippen LogP contribution in [0.4, 0.5) is 0 Å². The first kappa shape index (κ1) is 63.7. The first-order chi connectivity index (χ1) is 42.2. The standard InChI is InChI=1S/C68H85N7O10S/c76-55-11-18-62-65(44-55)85-66-45-56(77)12-19-63(66)67(62)61-17-10-52(43-64(61)68(78)79)42-60(86)5-4-34-80-35-36-81-37-38-82-59-40-53(48-83-57-13-6-50(7-14-57)46-74-30-26-69-20-2-1-3-21-70-27-31-74)39-54(41-59)49-84-58-15-8-51(9-16-58)47-75-32-28-72-24-22-71-23-25-73-29-33-75/h6-19,39-41,43-45,69-73,76H,1-5,20-38,42,46-49H2,(H,78,79). The van der Waals surface area contributed by atoms with E-state index in [9.17, 15) is 19.8 Å². The summed E-state index contributed by atoms with van der Waals surface area (Å²) in [6, 6.07) is 37.4. The lowest BCUT2D eigenvalue weighted by molar-refractivity contribution is 0.0360. The van der Waals surface area contributed by atoms with Gasteiger partial charge >= 0.3 is 5.97 Å². The third-order valence-electron chi connectivity index (χ3n) is 15.4. The fraction of sp³-hybridized carbons (Fsp3) is 0.426. The molecule has 9 rings (SSSR count). The molecule has 0 unspecified atom stereocenters. The topological polar surface area (TPSA) is 201 Å². The Hall–Kier alpha value is -6.81. The molecule has 3 heterocycles. The zero-order valence-corrected chi connectivity index (χ0v) is 50.3. The van der Waals surface area contributed by atoms with Crippen LogP contribution in [0.2, 0.25) is 0 Å². The van der Waals surface area contributed by atoms with Gasteiger partial charge in [0.05, 0.1) is 25.4 Å². The highest BCUT2D eigenvalue weighted by atomic mass is 32.1. The maximum Gasteiger partial charge on any atom is 0.336 e. The zero-order chi connectivity index (χ0) is 59.6. The number of hydrogen-bond donors (Lipinski definition) is 7. The predicted octanol–water partition coefficient (Wildman–Crippen LogP) is 8.68. The van der Waals surface area contributed by atoms with Gasteiger partial charge in [0.15, 0.2) is 5.43 Å². The van der Waals surface area contributed by atoms with Crippen LogP contribution in [0.3, 0.4) is 0 Å². The van der Waals surface area contributed by atoms with Gasteiger partial charge in [0.2, 0.25) is 0 Å². The van der Waals surface area contributed by atoms with Crippen molar-refractivity contribution in [1.29, 1.82) is 0 Å². The number of nitrogens with one attached hydrogen (secondary N) is 5. The second-order valence-corrected chi connectivity index (χ2v) is 22.7. The minimum absolute atomic E-state index is 0.0125. The number of nitrogens with zero attached hydrogens (tertiary/aromatic N) is 2. The van der Waals surface area contributed by atoms with Crippen molar-refractivity contribution in [3.8, 4) is 45.4 Å². The van der Waals surface area contributed by atoms with Gasteiger partial charge in [-0.1, -0.05) is 55.0 Å². The number of fused-ring (bicyclic) bond motifs is 2. The summed E-state index contributed by atoms with van der Waals surface area (Å²) in [6.45, 7) is 18.5. The van der Waals surface area contributed by atoms with E-state index in [0.717, 1.165) is 138 Å². The summed E-state index contributed by atoms with van der Waals surface area (Å²) in [5.74, 6) is 1.50. The Balaban J connectivity index is 0.736. The highest BCUT2D eigenvalue weighted by molar-refractivity contribution is 7.80. The van der Waals surface area contributed by atoms with Crippen LogP contribution in [0.1, 0.15) is 70.3 Å². The molecule has 0 amide bonds. The molecule has 5 aromatic rings. The van der Waals surface area contributed by atoms with E-state index >= 15 is 0 Å². The lowest BCUT2D eigenvalue weighted by Crippen LogP contribution is -2.41. The number of thiocarbonyl (C=S) groups is 1. The minimum atomic E-state index is -1.10. The van der Waals surface area contributed by atoms with Crippen LogP contribution >= 0.6 is 12.2 Å². The first-order valence-corrected chi connectivity index (χ1v) is 31.0. The Bertz CT molecular complexity index is 3130. The molecule has 0 atom stereocenters. The first-order valence-electron chi connectivity index (χ1n) is 30.6. The molecule has 0 spiro atoms. The average Bonchev–Trinajstić information content (AvgIpc) is 0.932. The van der Waals surface area contributed by atoms with E-state index in [1.807, 2.05) is 18.2 Å². The molecule has 458 valence electrons. The van der Waals surface area contributed by atoms with Crippen LogP contribution in [0.25, 0.3) is 33.4 Å². The Kier molecular flexibility index (Phi) is 25.6. The van der Waals surface area contributed by atoms with Crippen LogP contribution in [0.15, 0.2) is 131 Å². The Morgan fingerprint density at radius 2 is 1.07 bits per heavy atom. The second kappa shape index (κ2) is 34.5. The summed E-state index contributed by atoms with van der Waals surface area (Å²) in [6.07, 6.45) is 5.49. The Labute approximate surface area is 511 Å². The molecule has 7 N–H and O–H groups in total. The van der Waals surface area contributed by atoms with Crippen LogP contribution in [0, 0.1) is 0 Å². The number of hydrogen-bond acceptors (Lipinski definition) is 17. The van der Waals surface area contributed by atoms with Gasteiger partial charge in [-0.15, -0.1) is 0 Å². The van der Waals surface area contributed by atoms with Crippen molar-refractivity contribution in [2.75, 3.05) is 125 Å². The molecule has 0 saturated carbocycles. The van der Waals surface area contributed by atoms with E-state index in [-0.39, 0.29) is 16.7 Å². The molecule has 17 nitrogen and oxygen atoms in total. The molecule has 0 aromatic heterocycles. The largest absolute Gasteiger partial charge is 0.508 e. The average molecular weight is 1190 g/mol. The van der Waals surface area contributed by atoms with E-state index in [2.05, 4.69) is 91.0 Å². The van der Waals surface area contributed by atoms with Crippen LogP contribution < -0.4 is 46.2 Å². The zero-order valence-electron chi connectivity index (χ0n) is 49.5. The van der Waals surface area contributed by atoms with Gasteiger partial charge in [-0.3, -0.25) is 14.6 Å². The maximum absolute atomic E-state index is 12.7. The van der Waals surface area contributed by atoms with Gasteiger partial charge in [0.25, 0.3) is 0 Å². The molecule has 0 bridgehead atoms. The third-order valence-corrected chi connectivity index (χ3v) is 15.7. The lowest BCUT2D eigenvalue weighted by atomic mass is 9.89. The molecule has 1 aliphatic carbocycles. The summed E-state index contributed by atoms with van der Waals surface area (Å²) < 4.78 is 36.9. The molecular formula is C68H85N7O10S. The number of benzene rings is 6. The molecular weight excluding hydrogens is 1110 g/mol. The van der Waals surface area contributed by atoms with Gasteiger partial charge in [-0.05, 0) is 150 Å². The predicted molar refractivity (Wildman–Crippen MR) is 343 cm³/mol. The summed E-state index contributed by atoms with van der Waals surface area (Å²) >= 11 is 5.76. The van der Waals surface area contributed by atoms with Crippen molar-refractivity contribution in [2.45, 2.75) is 64.8 Å².